The molecular formula is C11H13NO3. The number of benzene rings is 1. The van der Waals surface area contributed by atoms with E-state index in [1.807, 2.05) is 6.07 Å². The van der Waals surface area contributed by atoms with E-state index in [2.05, 4.69) is 0 Å². The summed E-state index contributed by atoms with van der Waals surface area (Å²) in [6.07, 6.45) is 0. The first-order valence-corrected chi connectivity index (χ1v) is 4.84. The van der Waals surface area contributed by atoms with Gasteiger partial charge in [0.05, 0.1) is 12.5 Å². The van der Waals surface area contributed by atoms with Crippen molar-refractivity contribution in [2.75, 3.05) is 12.3 Å². The largest absolute Gasteiger partial charge is 0.493 e. The van der Waals surface area contributed by atoms with Crippen LogP contribution < -0.4 is 10.5 Å². The number of carboxylic acids is 1. The van der Waals surface area contributed by atoms with Crippen LogP contribution >= 0.6 is 0 Å². The molecule has 2 atom stereocenters. The van der Waals surface area contributed by atoms with E-state index in [1.165, 1.54) is 0 Å². The number of rotatable bonds is 2. The summed E-state index contributed by atoms with van der Waals surface area (Å²) in [7, 11) is 0. The molecule has 1 aliphatic heterocycles. The summed E-state index contributed by atoms with van der Waals surface area (Å²) in [5.41, 5.74) is 7.20. The lowest BCUT2D eigenvalue weighted by Gasteiger charge is -2.13. The number of anilines is 1. The van der Waals surface area contributed by atoms with E-state index >= 15 is 0 Å². The molecule has 80 valence electrons. The zero-order chi connectivity index (χ0) is 11.0. The molecule has 1 aliphatic rings. The Kier molecular flexibility index (Phi) is 2.26. The Morgan fingerprint density at radius 2 is 2.40 bits per heavy atom. The second-order valence-electron chi connectivity index (χ2n) is 3.84. The van der Waals surface area contributed by atoms with Gasteiger partial charge in [0, 0.05) is 23.2 Å². The number of carbonyl (C=O) groups is 1. The lowest BCUT2D eigenvalue weighted by Crippen LogP contribution is -2.19. The van der Waals surface area contributed by atoms with Crippen LogP contribution in [0.3, 0.4) is 0 Å². The van der Waals surface area contributed by atoms with Crippen molar-refractivity contribution >= 4 is 11.7 Å². The van der Waals surface area contributed by atoms with E-state index in [-0.39, 0.29) is 5.92 Å². The fourth-order valence-corrected chi connectivity index (χ4v) is 1.84. The van der Waals surface area contributed by atoms with Gasteiger partial charge in [-0.3, -0.25) is 4.79 Å². The number of nitrogens with two attached hydrogens (primary N) is 1. The fraction of sp³-hybridized carbons (Fsp3) is 0.364. The van der Waals surface area contributed by atoms with Crippen molar-refractivity contribution in [3.8, 4) is 5.75 Å². The number of hydrogen-bond donors (Lipinski definition) is 2. The lowest BCUT2D eigenvalue weighted by molar-refractivity contribution is -0.142. The van der Waals surface area contributed by atoms with Gasteiger partial charge in [-0.25, -0.2) is 0 Å². The predicted octanol–water partition coefficient (Wildman–Crippen LogP) is 1.47. The topological polar surface area (TPSA) is 72.5 Å². The Morgan fingerprint density at radius 3 is 3.07 bits per heavy atom. The molecule has 0 bridgehead atoms. The highest BCUT2D eigenvalue weighted by atomic mass is 16.5. The highest BCUT2D eigenvalue weighted by Gasteiger charge is 2.32. The zero-order valence-corrected chi connectivity index (χ0v) is 8.43. The normalized spacial score (nSPS) is 20.5. The average molecular weight is 207 g/mol. The number of hydrogen-bond acceptors (Lipinski definition) is 3. The molecule has 0 spiro atoms. The van der Waals surface area contributed by atoms with Crippen molar-refractivity contribution in [1.82, 2.24) is 0 Å². The monoisotopic (exact) mass is 207 g/mol. The average Bonchev–Trinajstić information content (AvgIpc) is 2.59. The van der Waals surface area contributed by atoms with Crippen LogP contribution in [0.4, 0.5) is 5.69 Å². The van der Waals surface area contributed by atoms with Gasteiger partial charge in [0.25, 0.3) is 0 Å². The standard InChI is InChI=1S/C11H13NO3/c1-6(11(13)14)9-5-15-10-4-7(12)2-3-8(9)10/h2-4,6,9H,5,12H2,1H3,(H,13,14)/t6?,9-/m0/s1. The second-order valence-corrected chi connectivity index (χ2v) is 3.84. The van der Waals surface area contributed by atoms with Gasteiger partial charge < -0.3 is 15.6 Å². The molecule has 1 unspecified atom stereocenters. The Bertz CT molecular complexity index is 403. The van der Waals surface area contributed by atoms with E-state index in [9.17, 15) is 4.79 Å². The Balaban J connectivity index is 2.32. The molecule has 1 aromatic carbocycles. The number of ether oxygens (including phenoxy) is 1. The number of fused-ring (bicyclic) bond motifs is 1. The van der Waals surface area contributed by atoms with Crippen LogP contribution in [0, 0.1) is 5.92 Å². The molecule has 3 N–H and O–H groups in total. The van der Waals surface area contributed by atoms with Crippen LogP contribution in [0.1, 0.15) is 18.4 Å². The van der Waals surface area contributed by atoms with Gasteiger partial charge in [0.15, 0.2) is 0 Å². The molecule has 2 rings (SSSR count). The minimum absolute atomic E-state index is 0.0712. The molecule has 0 aromatic heterocycles. The maximum absolute atomic E-state index is 10.9. The smallest absolute Gasteiger partial charge is 0.306 e. The van der Waals surface area contributed by atoms with Gasteiger partial charge >= 0.3 is 5.97 Å². The molecule has 0 aliphatic carbocycles. The minimum Gasteiger partial charge on any atom is -0.493 e. The number of carboxylic acid groups (broad SMARTS) is 1. The van der Waals surface area contributed by atoms with Crippen molar-refractivity contribution in [3.63, 3.8) is 0 Å². The third-order valence-electron chi connectivity index (χ3n) is 2.85. The van der Waals surface area contributed by atoms with Crippen molar-refractivity contribution in [1.29, 1.82) is 0 Å². The number of nitrogen functional groups attached to an aromatic ring is 1. The minimum atomic E-state index is -0.798. The maximum Gasteiger partial charge on any atom is 0.306 e. The quantitative estimate of drug-likeness (QED) is 0.720. The van der Waals surface area contributed by atoms with Crippen LogP contribution in [-0.4, -0.2) is 17.7 Å². The summed E-state index contributed by atoms with van der Waals surface area (Å²) in [6.45, 7) is 2.12. The van der Waals surface area contributed by atoms with Gasteiger partial charge in [0.1, 0.15) is 5.75 Å². The predicted molar refractivity (Wildman–Crippen MR) is 55.9 cm³/mol. The highest BCUT2D eigenvalue weighted by molar-refractivity contribution is 5.71. The molecule has 1 aromatic rings. The van der Waals surface area contributed by atoms with Crippen LogP contribution in [0.2, 0.25) is 0 Å². The van der Waals surface area contributed by atoms with Crippen molar-refractivity contribution in [2.45, 2.75) is 12.8 Å². The fourth-order valence-electron chi connectivity index (χ4n) is 1.84. The summed E-state index contributed by atoms with van der Waals surface area (Å²) in [4.78, 5) is 10.9. The first-order valence-electron chi connectivity index (χ1n) is 4.84. The first kappa shape index (κ1) is 9.83. The third kappa shape index (κ3) is 1.63. The summed E-state index contributed by atoms with van der Waals surface area (Å²) >= 11 is 0. The molecule has 4 heteroatoms. The van der Waals surface area contributed by atoms with Gasteiger partial charge in [-0.2, -0.15) is 0 Å². The molecule has 15 heavy (non-hydrogen) atoms. The van der Waals surface area contributed by atoms with Gasteiger partial charge in [-0.05, 0) is 6.07 Å². The molecule has 0 saturated heterocycles. The van der Waals surface area contributed by atoms with Crippen LogP contribution in [0.15, 0.2) is 18.2 Å². The van der Waals surface area contributed by atoms with E-state index in [1.54, 1.807) is 19.1 Å². The highest BCUT2D eigenvalue weighted by Crippen LogP contribution is 2.39. The lowest BCUT2D eigenvalue weighted by atomic mass is 9.89. The summed E-state index contributed by atoms with van der Waals surface area (Å²) in [5, 5.41) is 8.94. The zero-order valence-electron chi connectivity index (χ0n) is 8.43. The first-order chi connectivity index (χ1) is 7.09. The molecule has 0 radical (unpaired) electrons. The Hall–Kier alpha value is -1.71. The Labute approximate surface area is 87.7 Å². The third-order valence-corrected chi connectivity index (χ3v) is 2.85. The van der Waals surface area contributed by atoms with E-state index < -0.39 is 11.9 Å². The van der Waals surface area contributed by atoms with Crippen molar-refractivity contribution < 1.29 is 14.6 Å². The molecule has 0 saturated carbocycles. The van der Waals surface area contributed by atoms with Crippen LogP contribution in [0.5, 0.6) is 5.75 Å². The molecule has 0 amide bonds. The van der Waals surface area contributed by atoms with Crippen LogP contribution in [0.25, 0.3) is 0 Å². The summed E-state index contributed by atoms with van der Waals surface area (Å²) < 4.78 is 5.42. The van der Waals surface area contributed by atoms with Crippen molar-refractivity contribution in [2.24, 2.45) is 5.92 Å². The van der Waals surface area contributed by atoms with Crippen molar-refractivity contribution in [3.05, 3.63) is 23.8 Å². The van der Waals surface area contributed by atoms with Gasteiger partial charge in [-0.15, -0.1) is 0 Å². The maximum atomic E-state index is 10.9. The summed E-state index contributed by atoms with van der Waals surface area (Å²) in [6, 6.07) is 5.36. The van der Waals surface area contributed by atoms with Crippen LogP contribution in [-0.2, 0) is 4.79 Å². The van der Waals surface area contributed by atoms with E-state index in [0.29, 0.717) is 18.0 Å². The molecule has 1 heterocycles. The van der Waals surface area contributed by atoms with Gasteiger partial charge in [-0.1, -0.05) is 13.0 Å². The summed E-state index contributed by atoms with van der Waals surface area (Å²) in [5.74, 6) is -0.589. The van der Waals surface area contributed by atoms with E-state index in [0.717, 1.165) is 5.56 Å². The molecular weight excluding hydrogens is 194 g/mol. The van der Waals surface area contributed by atoms with E-state index in [4.69, 9.17) is 15.6 Å². The Morgan fingerprint density at radius 1 is 1.67 bits per heavy atom. The molecule has 4 nitrogen and oxygen atoms in total. The molecule has 0 fully saturated rings. The second kappa shape index (κ2) is 3.46. The van der Waals surface area contributed by atoms with Gasteiger partial charge in [0.2, 0.25) is 0 Å². The SMILES string of the molecule is CC(C(=O)O)[C@@H]1COc2cc(N)ccc21. The number of aliphatic carboxylic acids is 1.